The second-order valence-corrected chi connectivity index (χ2v) is 7.78. The number of morpholine rings is 1. The Morgan fingerprint density at radius 3 is 2.48 bits per heavy atom. The van der Waals surface area contributed by atoms with Gasteiger partial charge in [-0.3, -0.25) is 4.90 Å². The molecule has 0 radical (unpaired) electrons. The molecule has 0 bridgehead atoms. The van der Waals surface area contributed by atoms with Crippen LogP contribution in [0.15, 0.2) is 39.8 Å². The number of rotatable bonds is 6. The highest BCUT2D eigenvalue weighted by molar-refractivity contribution is 7.89. The van der Waals surface area contributed by atoms with E-state index >= 15 is 0 Å². The summed E-state index contributed by atoms with van der Waals surface area (Å²) in [7, 11) is -3.68. The number of nitrogens with one attached hydrogen (secondary N) is 1. The lowest BCUT2D eigenvalue weighted by Crippen LogP contribution is -2.43. The highest BCUT2D eigenvalue weighted by Crippen LogP contribution is 2.23. The maximum atomic E-state index is 12.7. The molecule has 2 heterocycles. The molecule has 1 aliphatic heterocycles. The number of hydrogen-bond donors (Lipinski definition) is 1. The van der Waals surface area contributed by atoms with E-state index in [9.17, 15) is 8.42 Å². The van der Waals surface area contributed by atoms with E-state index in [1.165, 1.54) is 0 Å². The van der Waals surface area contributed by atoms with Gasteiger partial charge in [-0.25, -0.2) is 13.1 Å². The molecular formula is C17H23N3O4S. The Bertz CT molecular complexity index is 779. The monoisotopic (exact) mass is 365 g/mol. The van der Waals surface area contributed by atoms with Crippen molar-refractivity contribution in [3.63, 3.8) is 0 Å². The molecule has 1 aliphatic rings. The molecule has 1 N–H and O–H groups in total. The predicted molar refractivity (Wildman–Crippen MR) is 92.7 cm³/mol. The summed E-state index contributed by atoms with van der Waals surface area (Å²) < 4.78 is 38.5. The molecule has 7 nitrogen and oxygen atoms in total. The molecule has 0 unspecified atom stereocenters. The summed E-state index contributed by atoms with van der Waals surface area (Å²) in [5.74, 6) is 0.299. The largest absolute Gasteiger partial charge is 0.379 e. The molecule has 3 rings (SSSR count). The summed E-state index contributed by atoms with van der Waals surface area (Å²) in [6, 6.07) is 9.86. The number of aryl methyl sites for hydroxylation is 2. The second-order valence-electron chi connectivity index (χ2n) is 6.08. The van der Waals surface area contributed by atoms with Gasteiger partial charge in [0, 0.05) is 25.7 Å². The Morgan fingerprint density at radius 1 is 1.20 bits per heavy atom. The van der Waals surface area contributed by atoms with E-state index in [0.29, 0.717) is 24.7 Å². The zero-order chi connectivity index (χ0) is 17.9. The smallest absolute Gasteiger partial charge is 0.246 e. The van der Waals surface area contributed by atoms with Gasteiger partial charge in [0.1, 0.15) is 10.6 Å². The molecule has 2 aromatic rings. The summed E-state index contributed by atoms with van der Waals surface area (Å²) in [5, 5.41) is 3.74. The SMILES string of the molecule is Cc1noc(C)c1S(=O)(=O)NC[C@H](c1ccccc1)N1CCOCC1. The van der Waals surface area contributed by atoms with Crippen LogP contribution in [0.2, 0.25) is 0 Å². The topological polar surface area (TPSA) is 84.7 Å². The van der Waals surface area contributed by atoms with E-state index in [1.807, 2.05) is 30.3 Å². The van der Waals surface area contributed by atoms with Gasteiger partial charge in [0.05, 0.1) is 13.2 Å². The van der Waals surface area contributed by atoms with Gasteiger partial charge in [-0.05, 0) is 19.4 Å². The van der Waals surface area contributed by atoms with Crippen molar-refractivity contribution in [3.8, 4) is 0 Å². The van der Waals surface area contributed by atoms with Gasteiger partial charge in [-0.2, -0.15) is 0 Å². The van der Waals surface area contributed by atoms with Crippen molar-refractivity contribution in [2.24, 2.45) is 0 Å². The lowest BCUT2D eigenvalue weighted by molar-refractivity contribution is 0.0172. The first-order chi connectivity index (χ1) is 12.0. The Kier molecular flexibility index (Phi) is 5.53. The molecule has 136 valence electrons. The fraction of sp³-hybridized carbons (Fsp3) is 0.471. The maximum Gasteiger partial charge on any atom is 0.246 e. The molecule has 1 saturated heterocycles. The van der Waals surface area contributed by atoms with Crippen molar-refractivity contribution >= 4 is 10.0 Å². The van der Waals surface area contributed by atoms with Gasteiger partial charge in [0.25, 0.3) is 0 Å². The number of benzene rings is 1. The van der Waals surface area contributed by atoms with Crippen LogP contribution < -0.4 is 4.72 Å². The molecular weight excluding hydrogens is 342 g/mol. The standard InChI is InChI=1S/C17H23N3O4S/c1-13-17(14(2)24-19-13)25(21,22)18-12-16(15-6-4-3-5-7-15)20-8-10-23-11-9-20/h3-7,16,18H,8-12H2,1-2H3/t16-/m1/s1. The molecule has 1 fully saturated rings. The molecule has 25 heavy (non-hydrogen) atoms. The summed E-state index contributed by atoms with van der Waals surface area (Å²) in [5.41, 5.74) is 1.44. The molecule has 1 aromatic heterocycles. The third-order valence-electron chi connectivity index (χ3n) is 4.37. The van der Waals surface area contributed by atoms with Crippen LogP contribution in [0.4, 0.5) is 0 Å². The fourth-order valence-electron chi connectivity index (χ4n) is 3.14. The zero-order valence-electron chi connectivity index (χ0n) is 14.4. The molecule has 0 amide bonds. The average Bonchev–Trinajstić information content (AvgIpc) is 2.96. The van der Waals surface area contributed by atoms with Crippen LogP contribution in [0.5, 0.6) is 0 Å². The van der Waals surface area contributed by atoms with Crippen molar-refractivity contribution in [1.82, 2.24) is 14.8 Å². The van der Waals surface area contributed by atoms with E-state index in [-0.39, 0.29) is 17.5 Å². The van der Waals surface area contributed by atoms with E-state index in [0.717, 1.165) is 18.7 Å². The first-order valence-corrected chi connectivity index (χ1v) is 9.76. The average molecular weight is 365 g/mol. The quantitative estimate of drug-likeness (QED) is 0.838. The predicted octanol–water partition coefficient (Wildman–Crippen LogP) is 1.64. The molecule has 0 aliphatic carbocycles. The van der Waals surface area contributed by atoms with E-state index < -0.39 is 10.0 Å². The number of ether oxygens (including phenoxy) is 1. The highest BCUT2D eigenvalue weighted by atomic mass is 32.2. The fourth-order valence-corrected chi connectivity index (χ4v) is 4.50. The molecule has 1 aromatic carbocycles. The lowest BCUT2D eigenvalue weighted by atomic mass is 10.1. The van der Waals surface area contributed by atoms with Crippen LogP contribution in [0.3, 0.4) is 0 Å². The van der Waals surface area contributed by atoms with Crippen molar-refractivity contribution in [3.05, 3.63) is 47.3 Å². The van der Waals surface area contributed by atoms with Gasteiger partial charge < -0.3 is 9.26 Å². The number of aromatic nitrogens is 1. The highest BCUT2D eigenvalue weighted by Gasteiger charge is 2.28. The Hall–Kier alpha value is -1.74. The summed E-state index contributed by atoms with van der Waals surface area (Å²) in [6.07, 6.45) is 0. The number of sulfonamides is 1. The number of hydrogen-bond acceptors (Lipinski definition) is 6. The van der Waals surface area contributed by atoms with Gasteiger partial charge in [-0.1, -0.05) is 35.5 Å². The first kappa shape index (κ1) is 18.1. The summed E-state index contributed by atoms with van der Waals surface area (Å²) in [4.78, 5) is 2.37. The third-order valence-corrected chi connectivity index (χ3v) is 6.04. The maximum absolute atomic E-state index is 12.7. The molecule has 8 heteroatoms. The lowest BCUT2D eigenvalue weighted by Gasteiger charge is -2.34. The Balaban J connectivity index is 1.81. The van der Waals surface area contributed by atoms with E-state index in [1.54, 1.807) is 13.8 Å². The van der Waals surface area contributed by atoms with Crippen LogP contribution in [-0.4, -0.2) is 51.3 Å². The van der Waals surface area contributed by atoms with Gasteiger partial charge >= 0.3 is 0 Å². The molecule has 0 saturated carbocycles. The Labute approximate surface area is 148 Å². The summed E-state index contributed by atoms with van der Waals surface area (Å²) >= 11 is 0. The zero-order valence-corrected chi connectivity index (χ0v) is 15.3. The van der Waals surface area contributed by atoms with Crippen molar-refractivity contribution in [2.75, 3.05) is 32.8 Å². The van der Waals surface area contributed by atoms with Crippen LogP contribution in [-0.2, 0) is 14.8 Å². The van der Waals surface area contributed by atoms with Crippen LogP contribution in [0, 0.1) is 13.8 Å². The third kappa shape index (κ3) is 4.09. The molecule has 1 atom stereocenters. The van der Waals surface area contributed by atoms with Gasteiger partial charge in [-0.15, -0.1) is 0 Å². The Morgan fingerprint density at radius 2 is 1.88 bits per heavy atom. The second kappa shape index (κ2) is 7.65. The van der Waals surface area contributed by atoms with Gasteiger partial charge in [0.15, 0.2) is 5.76 Å². The molecule has 0 spiro atoms. The van der Waals surface area contributed by atoms with Crippen LogP contribution in [0.1, 0.15) is 23.1 Å². The van der Waals surface area contributed by atoms with Crippen molar-refractivity contribution in [1.29, 1.82) is 0 Å². The van der Waals surface area contributed by atoms with Crippen LogP contribution in [0.25, 0.3) is 0 Å². The van der Waals surface area contributed by atoms with Crippen LogP contribution >= 0.6 is 0 Å². The van der Waals surface area contributed by atoms with E-state index in [2.05, 4.69) is 14.8 Å². The minimum Gasteiger partial charge on any atom is -0.379 e. The van der Waals surface area contributed by atoms with Crippen molar-refractivity contribution < 1.29 is 17.7 Å². The minimum absolute atomic E-state index is 0.0552. The summed E-state index contributed by atoms with van der Waals surface area (Å²) in [6.45, 7) is 6.35. The first-order valence-electron chi connectivity index (χ1n) is 8.28. The van der Waals surface area contributed by atoms with E-state index in [4.69, 9.17) is 9.26 Å². The van der Waals surface area contributed by atoms with Gasteiger partial charge in [0.2, 0.25) is 10.0 Å². The van der Waals surface area contributed by atoms with Crippen molar-refractivity contribution in [2.45, 2.75) is 24.8 Å². The minimum atomic E-state index is -3.68. The number of nitrogens with zero attached hydrogens (tertiary/aromatic N) is 2. The normalized spacial score (nSPS) is 17.5.